The highest BCUT2D eigenvalue weighted by Gasteiger charge is 2.24. The molecule has 2 N–H and O–H groups in total. The van der Waals surface area contributed by atoms with Gasteiger partial charge in [0.05, 0.1) is 17.4 Å². The Morgan fingerprint density at radius 1 is 1.56 bits per heavy atom. The lowest BCUT2D eigenvalue weighted by atomic mass is 9.89. The first-order chi connectivity index (χ1) is 8.56. The van der Waals surface area contributed by atoms with Gasteiger partial charge in [-0.1, -0.05) is 24.9 Å². The van der Waals surface area contributed by atoms with Crippen LogP contribution in [-0.2, 0) is 4.74 Å². The van der Waals surface area contributed by atoms with Gasteiger partial charge >= 0.3 is 5.97 Å². The van der Waals surface area contributed by atoms with Crippen molar-refractivity contribution in [1.82, 2.24) is 4.98 Å². The first kappa shape index (κ1) is 13.1. The Hall–Kier alpha value is -1.29. The summed E-state index contributed by atoms with van der Waals surface area (Å²) in [7, 11) is 0. The van der Waals surface area contributed by atoms with Crippen molar-refractivity contribution in [1.29, 1.82) is 0 Å². The van der Waals surface area contributed by atoms with E-state index in [4.69, 9.17) is 22.1 Å². The number of anilines is 1. The minimum absolute atomic E-state index is 0.0150. The molecule has 0 radical (unpaired) electrons. The highest BCUT2D eigenvalue weighted by Crippen LogP contribution is 2.27. The van der Waals surface area contributed by atoms with Gasteiger partial charge < -0.3 is 10.5 Å². The molecule has 1 aliphatic rings. The van der Waals surface area contributed by atoms with Crippen molar-refractivity contribution in [3.05, 3.63) is 23.0 Å². The van der Waals surface area contributed by atoms with Crippen LogP contribution in [0.3, 0.4) is 0 Å². The summed E-state index contributed by atoms with van der Waals surface area (Å²) in [5.41, 5.74) is 6.24. The zero-order chi connectivity index (χ0) is 13.1. The third kappa shape index (κ3) is 3.13. The molecule has 0 bridgehead atoms. The SMILES string of the molecule is CC1CCCC(OC(=O)c2cc(N)cnc2Cl)C1. The number of halogens is 1. The Morgan fingerprint density at radius 2 is 2.33 bits per heavy atom. The number of nitrogen functional groups attached to an aromatic ring is 1. The maximum Gasteiger partial charge on any atom is 0.341 e. The van der Waals surface area contributed by atoms with E-state index in [1.165, 1.54) is 18.7 Å². The third-order valence-electron chi connectivity index (χ3n) is 3.24. The van der Waals surface area contributed by atoms with E-state index in [1.54, 1.807) is 0 Å². The van der Waals surface area contributed by atoms with Gasteiger partial charge in [-0.3, -0.25) is 0 Å². The molecule has 0 saturated heterocycles. The molecular formula is C13H17ClN2O2. The lowest BCUT2D eigenvalue weighted by Crippen LogP contribution is -2.24. The summed E-state index contributed by atoms with van der Waals surface area (Å²) in [4.78, 5) is 15.8. The Labute approximate surface area is 111 Å². The van der Waals surface area contributed by atoms with Gasteiger partial charge in [-0.25, -0.2) is 9.78 Å². The minimum atomic E-state index is -0.432. The zero-order valence-electron chi connectivity index (χ0n) is 10.4. The summed E-state index contributed by atoms with van der Waals surface area (Å²) in [5.74, 6) is 0.171. The first-order valence-corrected chi connectivity index (χ1v) is 6.56. The number of aromatic nitrogens is 1. The molecule has 18 heavy (non-hydrogen) atoms. The molecule has 4 nitrogen and oxygen atoms in total. The summed E-state index contributed by atoms with van der Waals surface area (Å²) in [6.07, 6.45) is 5.54. The number of hydrogen-bond donors (Lipinski definition) is 1. The van der Waals surface area contributed by atoms with Crippen LogP contribution < -0.4 is 5.73 Å². The van der Waals surface area contributed by atoms with Gasteiger partial charge in [0.2, 0.25) is 0 Å². The Kier molecular flexibility index (Phi) is 4.07. The molecule has 0 amide bonds. The summed E-state index contributed by atoms with van der Waals surface area (Å²) >= 11 is 5.87. The van der Waals surface area contributed by atoms with Crippen LogP contribution in [-0.4, -0.2) is 17.1 Å². The molecule has 1 heterocycles. The molecule has 0 spiro atoms. The molecule has 1 fully saturated rings. The second kappa shape index (κ2) is 5.57. The van der Waals surface area contributed by atoms with Crippen molar-refractivity contribution in [2.24, 2.45) is 5.92 Å². The van der Waals surface area contributed by atoms with Gasteiger partial charge in [0.15, 0.2) is 0 Å². The van der Waals surface area contributed by atoms with Crippen molar-refractivity contribution in [2.75, 3.05) is 5.73 Å². The molecule has 1 aliphatic carbocycles. The van der Waals surface area contributed by atoms with E-state index in [-0.39, 0.29) is 16.8 Å². The van der Waals surface area contributed by atoms with E-state index < -0.39 is 5.97 Å². The van der Waals surface area contributed by atoms with E-state index in [9.17, 15) is 4.79 Å². The summed E-state index contributed by atoms with van der Waals surface area (Å²) in [5, 5.41) is 0.137. The number of nitrogens with zero attached hydrogens (tertiary/aromatic N) is 1. The number of carbonyl (C=O) groups excluding carboxylic acids is 1. The maximum absolute atomic E-state index is 12.0. The highest BCUT2D eigenvalue weighted by atomic mass is 35.5. The third-order valence-corrected chi connectivity index (χ3v) is 3.54. The topological polar surface area (TPSA) is 65.2 Å². The van der Waals surface area contributed by atoms with Gasteiger partial charge in [0.25, 0.3) is 0 Å². The monoisotopic (exact) mass is 268 g/mol. The van der Waals surface area contributed by atoms with Crippen LogP contribution in [0.5, 0.6) is 0 Å². The lowest BCUT2D eigenvalue weighted by molar-refractivity contribution is 0.0155. The average Bonchev–Trinajstić information content (AvgIpc) is 2.32. The highest BCUT2D eigenvalue weighted by molar-refractivity contribution is 6.32. The molecule has 5 heteroatoms. The lowest BCUT2D eigenvalue weighted by Gasteiger charge is -2.26. The zero-order valence-corrected chi connectivity index (χ0v) is 11.1. The Bertz CT molecular complexity index is 451. The van der Waals surface area contributed by atoms with Crippen molar-refractivity contribution in [3.8, 4) is 0 Å². The molecule has 1 aromatic rings. The van der Waals surface area contributed by atoms with E-state index in [0.29, 0.717) is 11.6 Å². The van der Waals surface area contributed by atoms with Crippen LogP contribution in [0.25, 0.3) is 0 Å². The fourth-order valence-corrected chi connectivity index (χ4v) is 2.49. The molecule has 2 atom stereocenters. The van der Waals surface area contributed by atoms with Crippen LogP contribution in [0.15, 0.2) is 12.3 Å². The van der Waals surface area contributed by atoms with Crippen LogP contribution in [0, 0.1) is 5.92 Å². The predicted molar refractivity (Wildman–Crippen MR) is 70.5 cm³/mol. The first-order valence-electron chi connectivity index (χ1n) is 6.18. The van der Waals surface area contributed by atoms with E-state index in [1.807, 2.05) is 0 Å². The Balaban J connectivity index is 2.05. The van der Waals surface area contributed by atoms with Gasteiger partial charge in [-0.2, -0.15) is 0 Å². The number of carbonyl (C=O) groups is 1. The maximum atomic E-state index is 12.0. The summed E-state index contributed by atoms with van der Waals surface area (Å²) in [6, 6.07) is 1.50. The molecule has 0 aromatic carbocycles. The second-order valence-electron chi connectivity index (χ2n) is 4.91. The predicted octanol–water partition coefficient (Wildman–Crippen LogP) is 3.05. The van der Waals surface area contributed by atoms with Crippen molar-refractivity contribution >= 4 is 23.3 Å². The number of nitrogens with two attached hydrogens (primary N) is 1. The molecular weight excluding hydrogens is 252 g/mol. The van der Waals surface area contributed by atoms with Crippen molar-refractivity contribution in [2.45, 2.75) is 38.7 Å². The molecule has 2 rings (SSSR count). The molecule has 0 aliphatic heterocycles. The molecule has 1 aromatic heterocycles. The number of ether oxygens (including phenoxy) is 1. The van der Waals surface area contributed by atoms with Gasteiger partial charge in [0.1, 0.15) is 11.3 Å². The van der Waals surface area contributed by atoms with Crippen molar-refractivity contribution in [3.63, 3.8) is 0 Å². The van der Waals surface area contributed by atoms with Crippen LogP contribution in [0.2, 0.25) is 5.15 Å². The quantitative estimate of drug-likeness (QED) is 0.661. The molecule has 2 unspecified atom stereocenters. The van der Waals surface area contributed by atoms with Gasteiger partial charge in [-0.05, 0) is 31.2 Å². The second-order valence-corrected chi connectivity index (χ2v) is 5.26. The largest absolute Gasteiger partial charge is 0.459 e. The number of pyridine rings is 1. The fraction of sp³-hybridized carbons (Fsp3) is 0.538. The van der Waals surface area contributed by atoms with Crippen LogP contribution in [0.1, 0.15) is 43.0 Å². The van der Waals surface area contributed by atoms with Gasteiger partial charge in [0, 0.05) is 0 Å². The van der Waals surface area contributed by atoms with Crippen LogP contribution in [0.4, 0.5) is 5.69 Å². The van der Waals surface area contributed by atoms with E-state index in [2.05, 4.69) is 11.9 Å². The number of rotatable bonds is 2. The average molecular weight is 269 g/mol. The van der Waals surface area contributed by atoms with E-state index in [0.717, 1.165) is 19.3 Å². The number of esters is 1. The minimum Gasteiger partial charge on any atom is -0.459 e. The normalized spacial score (nSPS) is 23.7. The smallest absolute Gasteiger partial charge is 0.341 e. The Morgan fingerprint density at radius 3 is 3.06 bits per heavy atom. The fourth-order valence-electron chi connectivity index (χ4n) is 2.31. The molecule has 1 saturated carbocycles. The summed E-state index contributed by atoms with van der Waals surface area (Å²) in [6.45, 7) is 2.18. The van der Waals surface area contributed by atoms with Crippen LogP contribution >= 0.6 is 11.6 Å². The molecule has 98 valence electrons. The standard InChI is InChI=1S/C13H17ClN2O2/c1-8-3-2-4-10(5-8)18-13(17)11-6-9(15)7-16-12(11)14/h6-8,10H,2-5,15H2,1H3. The van der Waals surface area contributed by atoms with Crippen molar-refractivity contribution < 1.29 is 9.53 Å². The van der Waals surface area contributed by atoms with Gasteiger partial charge in [-0.15, -0.1) is 0 Å². The number of hydrogen-bond acceptors (Lipinski definition) is 4. The van der Waals surface area contributed by atoms with E-state index >= 15 is 0 Å². The summed E-state index contributed by atoms with van der Waals surface area (Å²) < 4.78 is 5.46.